The third kappa shape index (κ3) is 5.06. The first-order valence-electron chi connectivity index (χ1n) is 7.12. The van der Waals surface area contributed by atoms with E-state index in [0.29, 0.717) is 5.56 Å². The third-order valence-corrected chi connectivity index (χ3v) is 3.36. The standard InChI is InChI=1S/C17H15F4NO2/c18-14-6-2-4-12(8-14)15(23)9-16(24)22-10-11-3-1-5-13(7-11)17(19,20)21/h1-8,15,23H,9-10H2,(H,22,24). The van der Waals surface area contributed by atoms with Gasteiger partial charge in [0.15, 0.2) is 0 Å². The monoisotopic (exact) mass is 341 g/mol. The minimum atomic E-state index is -4.45. The van der Waals surface area contributed by atoms with Crippen LogP contribution < -0.4 is 5.32 Å². The predicted molar refractivity (Wildman–Crippen MR) is 79.3 cm³/mol. The van der Waals surface area contributed by atoms with Crippen LogP contribution >= 0.6 is 0 Å². The molecular formula is C17H15F4NO2. The smallest absolute Gasteiger partial charge is 0.388 e. The Kier molecular flexibility index (Phi) is 5.56. The molecule has 2 aromatic carbocycles. The summed E-state index contributed by atoms with van der Waals surface area (Å²) in [5.41, 5.74) is -0.253. The molecular weight excluding hydrogens is 326 g/mol. The van der Waals surface area contributed by atoms with Gasteiger partial charge in [-0.25, -0.2) is 4.39 Å². The number of halogens is 4. The Hall–Kier alpha value is -2.41. The number of hydrogen-bond acceptors (Lipinski definition) is 2. The van der Waals surface area contributed by atoms with Crippen LogP contribution in [0.3, 0.4) is 0 Å². The van der Waals surface area contributed by atoms with Gasteiger partial charge in [0.05, 0.1) is 18.1 Å². The van der Waals surface area contributed by atoms with E-state index in [0.717, 1.165) is 18.2 Å². The Labute approximate surface area is 135 Å². The fraction of sp³-hybridized carbons (Fsp3) is 0.235. The van der Waals surface area contributed by atoms with Crippen molar-refractivity contribution in [2.24, 2.45) is 0 Å². The summed E-state index contributed by atoms with van der Waals surface area (Å²) in [4.78, 5) is 11.8. The number of alkyl halides is 3. The molecule has 24 heavy (non-hydrogen) atoms. The van der Waals surface area contributed by atoms with Crippen LogP contribution in [0, 0.1) is 5.82 Å². The Bertz CT molecular complexity index is 716. The van der Waals surface area contributed by atoms with Crippen molar-refractivity contribution in [1.29, 1.82) is 0 Å². The molecule has 2 N–H and O–H groups in total. The highest BCUT2D eigenvalue weighted by molar-refractivity contribution is 5.76. The number of amides is 1. The van der Waals surface area contributed by atoms with Crippen LogP contribution in [0.2, 0.25) is 0 Å². The van der Waals surface area contributed by atoms with Gasteiger partial charge in [-0.15, -0.1) is 0 Å². The zero-order valence-electron chi connectivity index (χ0n) is 12.5. The van der Waals surface area contributed by atoms with E-state index in [9.17, 15) is 27.5 Å². The second-order valence-corrected chi connectivity index (χ2v) is 5.25. The summed E-state index contributed by atoms with van der Waals surface area (Å²) in [5.74, 6) is -1.08. The highest BCUT2D eigenvalue weighted by Crippen LogP contribution is 2.29. The summed E-state index contributed by atoms with van der Waals surface area (Å²) in [7, 11) is 0. The lowest BCUT2D eigenvalue weighted by Crippen LogP contribution is -2.24. The average molecular weight is 341 g/mol. The van der Waals surface area contributed by atoms with Crippen molar-refractivity contribution in [2.45, 2.75) is 25.2 Å². The van der Waals surface area contributed by atoms with E-state index in [1.54, 1.807) is 0 Å². The molecule has 7 heteroatoms. The average Bonchev–Trinajstić information content (AvgIpc) is 2.52. The second kappa shape index (κ2) is 7.44. The van der Waals surface area contributed by atoms with Gasteiger partial charge < -0.3 is 10.4 Å². The zero-order chi connectivity index (χ0) is 17.7. The summed E-state index contributed by atoms with van der Waals surface area (Å²) < 4.78 is 50.9. The van der Waals surface area contributed by atoms with Crippen LogP contribution in [0.15, 0.2) is 48.5 Å². The van der Waals surface area contributed by atoms with Crippen molar-refractivity contribution in [1.82, 2.24) is 5.32 Å². The fourth-order valence-corrected chi connectivity index (χ4v) is 2.14. The number of carbonyl (C=O) groups excluding carboxylic acids is 1. The van der Waals surface area contributed by atoms with E-state index in [1.165, 1.54) is 30.3 Å². The molecule has 0 aliphatic carbocycles. The second-order valence-electron chi connectivity index (χ2n) is 5.25. The molecule has 2 rings (SSSR count). The molecule has 3 nitrogen and oxygen atoms in total. The van der Waals surface area contributed by atoms with Gasteiger partial charge in [0.2, 0.25) is 5.91 Å². The minimum Gasteiger partial charge on any atom is -0.388 e. The van der Waals surface area contributed by atoms with Crippen molar-refractivity contribution < 1.29 is 27.5 Å². The maximum absolute atomic E-state index is 13.1. The maximum Gasteiger partial charge on any atom is 0.416 e. The van der Waals surface area contributed by atoms with Crippen LogP contribution in [0.5, 0.6) is 0 Å². The van der Waals surface area contributed by atoms with E-state index < -0.39 is 29.6 Å². The minimum absolute atomic E-state index is 0.0986. The first kappa shape index (κ1) is 17.9. The van der Waals surface area contributed by atoms with Crippen LogP contribution in [0.25, 0.3) is 0 Å². The van der Waals surface area contributed by atoms with Crippen molar-refractivity contribution in [3.63, 3.8) is 0 Å². The number of hydrogen-bond donors (Lipinski definition) is 2. The molecule has 0 bridgehead atoms. The maximum atomic E-state index is 13.1. The quantitative estimate of drug-likeness (QED) is 0.817. The van der Waals surface area contributed by atoms with Crippen LogP contribution in [0.1, 0.15) is 29.2 Å². The molecule has 128 valence electrons. The lowest BCUT2D eigenvalue weighted by atomic mass is 10.1. The first-order chi connectivity index (χ1) is 11.3. The Morgan fingerprint density at radius 2 is 1.83 bits per heavy atom. The van der Waals surface area contributed by atoms with Gasteiger partial charge in [-0.3, -0.25) is 4.79 Å². The number of aliphatic hydroxyl groups is 1. The highest BCUT2D eigenvalue weighted by Gasteiger charge is 2.30. The molecule has 1 amide bonds. The number of carbonyl (C=O) groups is 1. The van der Waals surface area contributed by atoms with E-state index >= 15 is 0 Å². The molecule has 1 atom stereocenters. The molecule has 0 heterocycles. The van der Waals surface area contributed by atoms with E-state index in [2.05, 4.69) is 5.32 Å². The van der Waals surface area contributed by atoms with Gasteiger partial charge in [0, 0.05) is 6.54 Å². The zero-order valence-corrected chi connectivity index (χ0v) is 12.5. The summed E-state index contributed by atoms with van der Waals surface area (Å²) in [6.45, 7) is -0.0986. The van der Waals surface area contributed by atoms with Gasteiger partial charge in [-0.05, 0) is 35.4 Å². The lowest BCUT2D eigenvalue weighted by Gasteiger charge is -2.12. The van der Waals surface area contributed by atoms with Gasteiger partial charge in [0.25, 0.3) is 0 Å². The molecule has 0 saturated carbocycles. The largest absolute Gasteiger partial charge is 0.416 e. The van der Waals surface area contributed by atoms with E-state index in [1.807, 2.05) is 0 Å². The number of aliphatic hydroxyl groups excluding tert-OH is 1. The van der Waals surface area contributed by atoms with Crippen LogP contribution in [-0.4, -0.2) is 11.0 Å². The Morgan fingerprint density at radius 3 is 2.50 bits per heavy atom. The topological polar surface area (TPSA) is 49.3 Å². The van der Waals surface area contributed by atoms with Crippen LogP contribution in [0.4, 0.5) is 17.6 Å². The van der Waals surface area contributed by atoms with Crippen molar-refractivity contribution in [3.8, 4) is 0 Å². The lowest BCUT2D eigenvalue weighted by molar-refractivity contribution is -0.137. The van der Waals surface area contributed by atoms with Gasteiger partial charge >= 0.3 is 6.18 Å². The summed E-state index contributed by atoms with van der Waals surface area (Å²) in [5, 5.41) is 12.3. The number of nitrogens with one attached hydrogen (secondary N) is 1. The Morgan fingerprint density at radius 1 is 1.12 bits per heavy atom. The van der Waals surface area contributed by atoms with Crippen molar-refractivity contribution in [3.05, 3.63) is 71.0 Å². The predicted octanol–water partition coefficient (Wildman–Crippen LogP) is 3.58. The summed E-state index contributed by atoms with van der Waals surface area (Å²) >= 11 is 0. The summed E-state index contributed by atoms with van der Waals surface area (Å²) in [6, 6.07) is 9.82. The van der Waals surface area contributed by atoms with Gasteiger partial charge in [-0.2, -0.15) is 13.2 Å². The normalized spacial score (nSPS) is 12.7. The first-order valence-corrected chi connectivity index (χ1v) is 7.12. The molecule has 0 saturated heterocycles. The fourth-order valence-electron chi connectivity index (χ4n) is 2.14. The molecule has 0 spiro atoms. The number of benzene rings is 2. The van der Waals surface area contributed by atoms with E-state index in [4.69, 9.17) is 0 Å². The van der Waals surface area contributed by atoms with Crippen LogP contribution in [-0.2, 0) is 17.5 Å². The van der Waals surface area contributed by atoms with E-state index in [-0.39, 0.29) is 18.5 Å². The van der Waals surface area contributed by atoms with Crippen molar-refractivity contribution in [2.75, 3.05) is 0 Å². The Balaban J connectivity index is 1.91. The molecule has 0 aliphatic rings. The molecule has 1 unspecified atom stereocenters. The van der Waals surface area contributed by atoms with Gasteiger partial charge in [-0.1, -0.05) is 24.3 Å². The number of rotatable bonds is 5. The van der Waals surface area contributed by atoms with Gasteiger partial charge in [0.1, 0.15) is 5.82 Å². The third-order valence-electron chi connectivity index (χ3n) is 3.36. The summed E-state index contributed by atoms with van der Waals surface area (Å²) in [6.07, 6.45) is -5.96. The van der Waals surface area contributed by atoms with Crippen molar-refractivity contribution >= 4 is 5.91 Å². The molecule has 2 aromatic rings. The molecule has 0 aliphatic heterocycles. The molecule has 0 aromatic heterocycles. The SMILES string of the molecule is O=C(CC(O)c1cccc(F)c1)NCc1cccc(C(F)(F)F)c1. The highest BCUT2D eigenvalue weighted by atomic mass is 19.4. The molecule has 0 radical (unpaired) electrons. The molecule has 0 fully saturated rings.